The van der Waals surface area contributed by atoms with E-state index < -0.39 is 0 Å². The van der Waals surface area contributed by atoms with Crippen molar-refractivity contribution in [3.8, 4) is 6.07 Å². The summed E-state index contributed by atoms with van der Waals surface area (Å²) in [4.78, 5) is 0. The molecule has 1 heterocycles. The number of hydrogen-bond donors (Lipinski definition) is 1. The molecule has 0 amide bonds. The number of hydrogen-bond acceptors (Lipinski definition) is 3. The second-order valence-corrected chi connectivity index (χ2v) is 3.71. The average Bonchev–Trinajstić information content (AvgIpc) is 2.70. The highest BCUT2D eigenvalue weighted by Gasteiger charge is 2.43. The first-order chi connectivity index (χ1) is 5.85. The van der Waals surface area contributed by atoms with Gasteiger partial charge in [-0.05, 0) is 25.7 Å². The van der Waals surface area contributed by atoms with Crippen LogP contribution < -0.4 is 5.32 Å². The Kier molecular flexibility index (Phi) is 2.03. The quantitative estimate of drug-likeness (QED) is 0.674. The molecule has 0 aromatic carbocycles. The molecule has 2 aliphatic rings. The van der Waals surface area contributed by atoms with Crippen LogP contribution in [0.4, 0.5) is 0 Å². The van der Waals surface area contributed by atoms with Crippen LogP contribution >= 0.6 is 0 Å². The SMILES string of the molecule is N#CC1(NCC2CCCO2)CC1. The molecule has 1 saturated heterocycles. The van der Waals surface area contributed by atoms with Gasteiger partial charge in [0.15, 0.2) is 0 Å². The lowest BCUT2D eigenvalue weighted by Gasteiger charge is -2.13. The first-order valence-electron chi connectivity index (χ1n) is 4.63. The van der Waals surface area contributed by atoms with Crippen LogP contribution in [0.3, 0.4) is 0 Å². The highest BCUT2D eigenvalue weighted by molar-refractivity contribution is 5.18. The Morgan fingerprint density at radius 2 is 2.42 bits per heavy atom. The Labute approximate surface area is 72.7 Å². The zero-order valence-corrected chi connectivity index (χ0v) is 7.18. The molecule has 1 aliphatic carbocycles. The summed E-state index contributed by atoms with van der Waals surface area (Å²) < 4.78 is 5.45. The third-order valence-corrected chi connectivity index (χ3v) is 2.66. The van der Waals surface area contributed by atoms with E-state index in [1.165, 1.54) is 6.42 Å². The molecular weight excluding hydrogens is 152 g/mol. The second-order valence-electron chi connectivity index (χ2n) is 3.71. The van der Waals surface area contributed by atoms with Gasteiger partial charge in [0.05, 0.1) is 12.2 Å². The van der Waals surface area contributed by atoms with Gasteiger partial charge in [-0.2, -0.15) is 5.26 Å². The number of ether oxygens (including phenoxy) is 1. The molecule has 3 nitrogen and oxygen atoms in total. The van der Waals surface area contributed by atoms with E-state index in [1.54, 1.807) is 0 Å². The number of nitriles is 1. The zero-order chi connectivity index (χ0) is 8.44. The van der Waals surface area contributed by atoms with Gasteiger partial charge in [0.1, 0.15) is 5.54 Å². The van der Waals surface area contributed by atoms with Crippen LogP contribution in [0.2, 0.25) is 0 Å². The van der Waals surface area contributed by atoms with Gasteiger partial charge in [-0.1, -0.05) is 0 Å². The van der Waals surface area contributed by atoms with Crippen molar-refractivity contribution in [3.63, 3.8) is 0 Å². The molecule has 0 spiro atoms. The van der Waals surface area contributed by atoms with E-state index in [2.05, 4.69) is 11.4 Å². The topological polar surface area (TPSA) is 45.0 Å². The highest BCUT2D eigenvalue weighted by Crippen LogP contribution is 2.34. The smallest absolute Gasteiger partial charge is 0.107 e. The van der Waals surface area contributed by atoms with Gasteiger partial charge in [0.2, 0.25) is 0 Å². The minimum absolute atomic E-state index is 0.175. The van der Waals surface area contributed by atoms with Crippen molar-refractivity contribution in [2.24, 2.45) is 0 Å². The van der Waals surface area contributed by atoms with Gasteiger partial charge in [-0.3, -0.25) is 5.32 Å². The second kappa shape index (κ2) is 3.04. The summed E-state index contributed by atoms with van der Waals surface area (Å²) in [5.41, 5.74) is -0.175. The molecule has 0 radical (unpaired) electrons. The van der Waals surface area contributed by atoms with Crippen molar-refractivity contribution in [2.75, 3.05) is 13.2 Å². The fourth-order valence-electron chi connectivity index (χ4n) is 1.57. The fraction of sp³-hybridized carbons (Fsp3) is 0.889. The van der Waals surface area contributed by atoms with Crippen molar-refractivity contribution in [1.29, 1.82) is 5.26 Å². The summed E-state index contributed by atoms with van der Waals surface area (Å²) in [6.07, 6.45) is 4.70. The third kappa shape index (κ3) is 1.60. The first-order valence-corrected chi connectivity index (χ1v) is 4.63. The molecule has 2 rings (SSSR count). The Morgan fingerprint density at radius 1 is 1.58 bits per heavy atom. The summed E-state index contributed by atoms with van der Waals surface area (Å²) in [6.45, 7) is 1.75. The lowest BCUT2D eigenvalue weighted by Crippen LogP contribution is -2.36. The van der Waals surface area contributed by atoms with E-state index in [9.17, 15) is 0 Å². The molecule has 66 valence electrons. The summed E-state index contributed by atoms with van der Waals surface area (Å²) >= 11 is 0. The molecular formula is C9H14N2O. The average molecular weight is 166 g/mol. The van der Waals surface area contributed by atoms with Crippen molar-refractivity contribution in [1.82, 2.24) is 5.32 Å². The van der Waals surface area contributed by atoms with E-state index in [-0.39, 0.29) is 5.54 Å². The van der Waals surface area contributed by atoms with Crippen molar-refractivity contribution >= 4 is 0 Å². The minimum Gasteiger partial charge on any atom is -0.377 e. The number of rotatable bonds is 3. The zero-order valence-electron chi connectivity index (χ0n) is 7.18. The van der Waals surface area contributed by atoms with Gasteiger partial charge < -0.3 is 4.74 Å². The molecule has 0 aromatic rings. The Morgan fingerprint density at radius 3 is 2.92 bits per heavy atom. The lowest BCUT2D eigenvalue weighted by molar-refractivity contribution is 0.108. The molecule has 1 N–H and O–H groups in total. The Balaban J connectivity index is 1.71. The van der Waals surface area contributed by atoms with Gasteiger partial charge in [-0.15, -0.1) is 0 Å². The highest BCUT2D eigenvalue weighted by atomic mass is 16.5. The summed E-state index contributed by atoms with van der Waals surface area (Å²) in [6, 6.07) is 2.31. The van der Waals surface area contributed by atoms with E-state index in [1.807, 2.05) is 0 Å². The molecule has 0 bridgehead atoms. The third-order valence-electron chi connectivity index (χ3n) is 2.66. The lowest BCUT2D eigenvalue weighted by atomic mass is 10.2. The van der Waals surface area contributed by atoms with Gasteiger partial charge in [0, 0.05) is 13.2 Å². The predicted molar refractivity (Wildman–Crippen MR) is 44.6 cm³/mol. The maximum absolute atomic E-state index is 8.78. The van der Waals surface area contributed by atoms with Gasteiger partial charge >= 0.3 is 0 Å². The molecule has 12 heavy (non-hydrogen) atoms. The van der Waals surface area contributed by atoms with E-state index in [0.717, 1.165) is 32.4 Å². The standard InChI is InChI=1S/C9H14N2O/c10-7-9(3-4-9)11-6-8-2-1-5-12-8/h8,11H,1-6H2. The van der Waals surface area contributed by atoms with Crippen LogP contribution in [-0.2, 0) is 4.74 Å². The molecule has 1 saturated carbocycles. The monoisotopic (exact) mass is 166 g/mol. The normalized spacial score (nSPS) is 31.4. The maximum Gasteiger partial charge on any atom is 0.107 e. The van der Waals surface area contributed by atoms with Crippen LogP contribution in [0, 0.1) is 11.3 Å². The summed E-state index contributed by atoms with van der Waals surface area (Å²) in [5.74, 6) is 0. The molecule has 0 aromatic heterocycles. The molecule has 2 fully saturated rings. The molecule has 3 heteroatoms. The molecule has 1 atom stereocenters. The maximum atomic E-state index is 8.78. The van der Waals surface area contributed by atoms with Crippen LogP contribution in [0.1, 0.15) is 25.7 Å². The minimum atomic E-state index is -0.175. The Hall–Kier alpha value is -0.590. The van der Waals surface area contributed by atoms with Crippen LogP contribution in [-0.4, -0.2) is 24.8 Å². The molecule has 1 aliphatic heterocycles. The van der Waals surface area contributed by atoms with Gasteiger partial charge in [0.25, 0.3) is 0 Å². The van der Waals surface area contributed by atoms with Crippen LogP contribution in [0.15, 0.2) is 0 Å². The summed E-state index contributed by atoms with van der Waals surface area (Å²) in [5, 5.41) is 12.1. The largest absolute Gasteiger partial charge is 0.377 e. The number of nitrogens with zero attached hydrogens (tertiary/aromatic N) is 1. The van der Waals surface area contributed by atoms with E-state index in [4.69, 9.17) is 10.00 Å². The van der Waals surface area contributed by atoms with Crippen molar-refractivity contribution in [2.45, 2.75) is 37.3 Å². The molecule has 1 unspecified atom stereocenters. The Bertz CT molecular complexity index is 199. The van der Waals surface area contributed by atoms with Gasteiger partial charge in [-0.25, -0.2) is 0 Å². The van der Waals surface area contributed by atoms with Crippen LogP contribution in [0.5, 0.6) is 0 Å². The number of nitrogens with one attached hydrogen (secondary N) is 1. The van der Waals surface area contributed by atoms with E-state index >= 15 is 0 Å². The van der Waals surface area contributed by atoms with Crippen LogP contribution in [0.25, 0.3) is 0 Å². The fourth-order valence-corrected chi connectivity index (χ4v) is 1.57. The van der Waals surface area contributed by atoms with Crippen molar-refractivity contribution < 1.29 is 4.74 Å². The van der Waals surface area contributed by atoms with E-state index in [0.29, 0.717) is 6.10 Å². The first kappa shape index (κ1) is 8.03. The predicted octanol–water partition coefficient (Wildman–Crippen LogP) is 0.811. The summed E-state index contributed by atoms with van der Waals surface area (Å²) in [7, 11) is 0. The van der Waals surface area contributed by atoms with Crippen molar-refractivity contribution in [3.05, 3.63) is 0 Å².